The van der Waals surface area contributed by atoms with Gasteiger partial charge in [0.25, 0.3) is 0 Å². The fourth-order valence-electron chi connectivity index (χ4n) is 2.39. The van der Waals surface area contributed by atoms with Crippen LogP contribution in [0.1, 0.15) is 19.4 Å². The van der Waals surface area contributed by atoms with Gasteiger partial charge in [0.15, 0.2) is 0 Å². The molecule has 0 bridgehead atoms. The fourth-order valence-corrected chi connectivity index (χ4v) is 2.39. The first-order chi connectivity index (χ1) is 9.11. The van der Waals surface area contributed by atoms with Crippen molar-refractivity contribution in [2.75, 3.05) is 38.1 Å². The van der Waals surface area contributed by atoms with Gasteiger partial charge in [-0.15, -0.1) is 0 Å². The lowest BCUT2D eigenvalue weighted by atomic mass is 10.1. The molecule has 0 aromatic carbocycles. The minimum atomic E-state index is -0.265. The number of anilines is 1. The van der Waals surface area contributed by atoms with Crippen molar-refractivity contribution in [3.05, 3.63) is 23.6 Å². The van der Waals surface area contributed by atoms with Crippen LogP contribution in [0.3, 0.4) is 0 Å². The van der Waals surface area contributed by atoms with E-state index in [0.29, 0.717) is 12.6 Å². The van der Waals surface area contributed by atoms with Gasteiger partial charge in [0.05, 0.1) is 6.20 Å². The zero-order valence-electron chi connectivity index (χ0n) is 12.0. The highest BCUT2D eigenvalue weighted by molar-refractivity contribution is 5.47. The Morgan fingerprint density at radius 2 is 2.26 bits per heavy atom. The predicted octanol–water partition coefficient (Wildman–Crippen LogP) is 1.47. The number of piperazine rings is 1. The monoisotopic (exact) mass is 266 g/mol. The van der Waals surface area contributed by atoms with Crippen LogP contribution < -0.4 is 10.2 Å². The Hall–Kier alpha value is -1.20. The summed E-state index contributed by atoms with van der Waals surface area (Å²) >= 11 is 0. The molecule has 1 atom stereocenters. The molecule has 1 fully saturated rings. The van der Waals surface area contributed by atoms with Crippen LogP contribution in [0, 0.1) is 5.82 Å². The number of likely N-dealkylation sites (N-methyl/N-ethyl adjacent to an activating group) is 1. The standard InChI is InChI=1S/C14H23FN4/c1-4-16-8-12-7-13(15)9-17-14(12)19-6-5-18(3)11(2)10-19/h7,9,11,16H,4-6,8,10H2,1-3H3. The van der Waals surface area contributed by atoms with Crippen LogP contribution in [0.5, 0.6) is 0 Å². The van der Waals surface area contributed by atoms with E-state index in [2.05, 4.69) is 34.1 Å². The quantitative estimate of drug-likeness (QED) is 0.894. The zero-order valence-corrected chi connectivity index (χ0v) is 12.0. The van der Waals surface area contributed by atoms with Gasteiger partial charge in [-0.2, -0.15) is 0 Å². The van der Waals surface area contributed by atoms with Gasteiger partial charge >= 0.3 is 0 Å². The Morgan fingerprint density at radius 1 is 1.47 bits per heavy atom. The lowest BCUT2D eigenvalue weighted by Gasteiger charge is -2.39. The van der Waals surface area contributed by atoms with E-state index < -0.39 is 0 Å². The average molecular weight is 266 g/mol. The second kappa shape index (κ2) is 6.30. The summed E-state index contributed by atoms with van der Waals surface area (Å²) in [6.45, 7) is 8.68. The first kappa shape index (κ1) is 14.2. The van der Waals surface area contributed by atoms with E-state index >= 15 is 0 Å². The van der Waals surface area contributed by atoms with Crippen LogP contribution >= 0.6 is 0 Å². The molecule has 106 valence electrons. The van der Waals surface area contributed by atoms with Crippen molar-refractivity contribution in [2.45, 2.75) is 26.4 Å². The Labute approximate surface area is 114 Å². The number of hydrogen-bond donors (Lipinski definition) is 1. The van der Waals surface area contributed by atoms with E-state index in [1.165, 1.54) is 6.20 Å². The van der Waals surface area contributed by atoms with Crippen molar-refractivity contribution in [3.8, 4) is 0 Å². The second-order valence-corrected chi connectivity index (χ2v) is 5.19. The third-order valence-corrected chi connectivity index (χ3v) is 3.73. The van der Waals surface area contributed by atoms with Gasteiger partial charge in [-0.3, -0.25) is 0 Å². The highest BCUT2D eigenvalue weighted by Gasteiger charge is 2.23. The Morgan fingerprint density at radius 3 is 2.95 bits per heavy atom. The van der Waals surface area contributed by atoms with Gasteiger partial charge in [0.2, 0.25) is 0 Å². The topological polar surface area (TPSA) is 31.4 Å². The fraction of sp³-hybridized carbons (Fsp3) is 0.643. The van der Waals surface area contributed by atoms with E-state index in [0.717, 1.165) is 37.6 Å². The molecule has 2 rings (SSSR count). The number of rotatable bonds is 4. The molecule has 1 aromatic rings. The van der Waals surface area contributed by atoms with Gasteiger partial charge in [-0.25, -0.2) is 9.37 Å². The summed E-state index contributed by atoms with van der Waals surface area (Å²) in [5.74, 6) is 0.654. The average Bonchev–Trinajstić information content (AvgIpc) is 2.40. The SMILES string of the molecule is CCNCc1cc(F)cnc1N1CCN(C)C(C)C1. The van der Waals surface area contributed by atoms with Gasteiger partial charge in [-0.1, -0.05) is 6.92 Å². The maximum atomic E-state index is 13.4. The molecule has 1 saturated heterocycles. The van der Waals surface area contributed by atoms with Crippen LogP contribution in [0.2, 0.25) is 0 Å². The van der Waals surface area contributed by atoms with Crippen molar-refractivity contribution in [2.24, 2.45) is 0 Å². The summed E-state index contributed by atoms with van der Waals surface area (Å²) in [5.41, 5.74) is 0.943. The highest BCUT2D eigenvalue weighted by Crippen LogP contribution is 2.21. The van der Waals surface area contributed by atoms with Gasteiger partial charge in [0, 0.05) is 37.8 Å². The van der Waals surface area contributed by atoms with E-state index in [1.807, 2.05) is 6.92 Å². The molecule has 5 heteroatoms. The van der Waals surface area contributed by atoms with Gasteiger partial charge in [0.1, 0.15) is 11.6 Å². The highest BCUT2D eigenvalue weighted by atomic mass is 19.1. The van der Waals surface area contributed by atoms with Gasteiger partial charge < -0.3 is 15.1 Å². The number of aromatic nitrogens is 1. The third-order valence-electron chi connectivity index (χ3n) is 3.73. The van der Waals surface area contributed by atoms with Crippen LogP contribution in [0.4, 0.5) is 10.2 Å². The Kier molecular flexibility index (Phi) is 4.71. The van der Waals surface area contributed by atoms with E-state index in [4.69, 9.17) is 0 Å². The summed E-state index contributed by atoms with van der Waals surface area (Å²) in [7, 11) is 2.14. The largest absolute Gasteiger partial charge is 0.354 e. The molecule has 0 radical (unpaired) electrons. The molecular weight excluding hydrogens is 243 g/mol. The smallest absolute Gasteiger partial charge is 0.141 e. The predicted molar refractivity (Wildman–Crippen MR) is 75.9 cm³/mol. The summed E-state index contributed by atoms with van der Waals surface area (Å²) in [5, 5.41) is 3.25. The molecule has 1 aromatic heterocycles. The molecular formula is C14H23FN4. The molecule has 0 amide bonds. The molecule has 1 unspecified atom stereocenters. The molecule has 1 aliphatic heterocycles. The summed E-state index contributed by atoms with van der Waals surface area (Å²) < 4.78 is 13.4. The van der Waals surface area contributed by atoms with Crippen molar-refractivity contribution in [1.82, 2.24) is 15.2 Å². The van der Waals surface area contributed by atoms with Gasteiger partial charge in [-0.05, 0) is 26.6 Å². The molecule has 0 aliphatic carbocycles. The van der Waals surface area contributed by atoms with Crippen molar-refractivity contribution in [3.63, 3.8) is 0 Å². The van der Waals surface area contributed by atoms with E-state index in [-0.39, 0.29) is 5.82 Å². The van der Waals surface area contributed by atoms with Crippen LogP contribution in [0.15, 0.2) is 12.3 Å². The molecule has 1 N–H and O–H groups in total. The third kappa shape index (κ3) is 3.42. The number of pyridine rings is 1. The summed E-state index contributed by atoms with van der Waals surface area (Å²) in [6.07, 6.45) is 1.31. The number of halogens is 1. The molecule has 1 aliphatic rings. The number of hydrogen-bond acceptors (Lipinski definition) is 4. The number of nitrogens with zero attached hydrogens (tertiary/aromatic N) is 3. The maximum absolute atomic E-state index is 13.4. The second-order valence-electron chi connectivity index (χ2n) is 5.19. The number of nitrogens with one attached hydrogen (secondary N) is 1. The Balaban J connectivity index is 2.18. The van der Waals surface area contributed by atoms with Crippen LogP contribution in [-0.2, 0) is 6.54 Å². The molecule has 2 heterocycles. The van der Waals surface area contributed by atoms with Crippen LogP contribution in [-0.4, -0.2) is 49.2 Å². The minimum Gasteiger partial charge on any atom is -0.354 e. The first-order valence-electron chi connectivity index (χ1n) is 6.92. The summed E-state index contributed by atoms with van der Waals surface area (Å²) in [4.78, 5) is 8.90. The van der Waals surface area contributed by atoms with E-state index in [9.17, 15) is 4.39 Å². The molecule has 0 saturated carbocycles. The lowest BCUT2D eigenvalue weighted by Crippen LogP contribution is -2.50. The molecule has 0 spiro atoms. The first-order valence-corrected chi connectivity index (χ1v) is 6.92. The zero-order chi connectivity index (χ0) is 13.8. The molecule has 4 nitrogen and oxygen atoms in total. The van der Waals surface area contributed by atoms with Crippen molar-refractivity contribution < 1.29 is 4.39 Å². The van der Waals surface area contributed by atoms with E-state index in [1.54, 1.807) is 6.07 Å². The maximum Gasteiger partial charge on any atom is 0.141 e. The van der Waals surface area contributed by atoms with Crippen LogP contribution in [0.25, 0.3) is 0 Å². The Bertz CT molecular complexity index is 424. The minimum absolute atomic E-state index is 0.265. The normalized spacial score (nSPS) is 20.8. The molecule has 19 heavy (non-hydrogen) atoms. The summed E-state index contributed by atoms with van der Waals surface area (Å²) in [6, 6.07) is 2.08. The lowest BCUT2D eigenvalue weighted by molar-refractivity contribution is 0.233. The van der Waals surface area contributed by atoms with Crippen molar-refractivity contribution in [1.29, 1.82) is 0 Å². The van der Waals surface area contributed by atoms with Crippen molar-refractivity contribution >= 4 is 5.82 Å².